The summed E-state index contributed by atoms with van der Waals surface area (Å²) in [6, 6.07) is 16.4. The highest BCUT2D eigenvalue weighted by Gasteiger charge is 2.13. The molecule has 0 radical (unpaired) electrons. The maximum Gasteiger partial charge on any atom is 0.119 e. The number of ether oxygens (including phenoxy) is 1. The molecule has 86 valence electrons. The second kappa shape index (κ2) is 4.60. The van der Waals surface area contributed by atoms with Gasteiger partial charge < -0.3 is 10.1 Å². The molecule has 1 heterocycles. The molecule has 2 aromatic rings. The van der Waals surface area contributed by atoms with E-state index in [1.807, 2.05) is 30.3 Å². The van der Waals surface area contributed by atoms with Gasteiger partial charge in [-0.15, -0.1) is 0 Å². The van der Waals surface area contributed by atoms with Crippen molar-refractivity contribution in [1.82, 2.24) is 5.32 Å². The van der Waals surface area contributed by atoms with Gasteiger partial charge in [0.25, 0.3) is 0 Å². The van der Waals surface area contributed by atoms with E-state index in [1.165, 1.54) is 16.7 Å². The number of rotatable bonds is 3. The van der Waals surface area contributed by atoms with Crippen LogP contribution >= 0.6 is 0 Å². The van der Waals surface area contributed by atoms with Crippen molar-refractivity contribution < 1.29 is 4.74 Å². The number of fused-ring (bicyclic) bond motifs is 1. The molecule has 0 fully saturated rings. The monoisotopic (exact) mass is 225 g/mol. The van der Waals surface area contributed by atoms with Gasteiger partial charge in [0.2, 0.25) is 0 Å². The van der Waals surface area contributed by atoms with Crippen LogP contribution in [0.4, 0.5) is 0 Å². The van der Waals surface area contributed by atoms with E-state index in [2.05, 4.69) is 23.5 Å². The highest BCUT2D eigenvalue weighted by atomic mass is 16.5. The molecule has 2 heteroatoms. The van der Waals surface area contributed by atoms with E-state index < -0.39 is 0 Å². The first-order chi connectivity index (χ1) is 8.43. The smallest absolute Gasteiger partial charge is 0.119 e. The van der Waals surface area contributed by atoms with Crippen LogP contribution in [0.5, 0.6) is 5.75 Å². The lowest BCUT2D eigenvalue weighted by Crippen LogP contribution is -2.03. The second-order valence-electron chi connectivity index (χ2n) is 4.26. The Labute approximate surface area is 101 Å². The van der Waals surface area contributed by atoms with Crippen molar-refractivity contribution >= 4 is 0 Å². The molecule has 0 bridgehead atoms. The lowest BCUT2D eigenvalue weighted by molar-refractivity contribution is 0.305. The molecule has 17 heavy (non-hydrogen) atoms. The van der Waals surface area contributed by atoms with Crippen LogP contribution in [0.25, 0.3) is 0 Å². The van der Waals surface area contributed by atoms with Gasteiger partial charge in [0.1, 0.15) is 12.4 Å². The molecule has 3 rings (SSSR count). The standard InChI is InChI=1S/C15H15NO/c1-2-7-14(8-3-1)17-11-13-6-4-5-12-9-16-10-15(12)13/h1-8,16H,9-11H2. The Hall–Kier alpha value is -1.80. The van der Waals surface area contributed by atoms with Crippen molar-refractivity contribution in [3.8, 4) is 5.75 Å². The van der Waals surface area contributed by atoms with Gasteiger partial charge in [-0.05, 0) is 28.8 Å². The summed E-state index contributed by atoms with van der Waals surface area (Å²) in [5, 5.41) is 3.37. The van der Waals surface area contributed by atoms with Crippen LogP contribution in [0, 0.1) is 0 Å². The quantitative estimate of drug-likeness (QED) is 0.867. The fraction of sp³-hybridized carbons (Fsp3) is 0.200. The van der Waals surface area contributed by atoms with E-state index in [0.717, 1.165) is 18.8 Å². The topological polar surface area (TPSA) is 21.3 Å². The summed E-state index contributed by atoms with van der Waals surface area (Å²) < 4.78 is 5.79. The summed E-state index contributed by atoms with van der Waals surface area (Å²) in [4.78, 5) is 0. The van der Waals surface area contributed by atoms with Gasteiger partial charge in [0.15, 0.2) is 0 Å². The highest BCUT2D eigenvalue weighted by molar-refractivity contribution is 5.37. The van der Waals surface area contributed by atoms with Gasteiger partial charge in [-0.2, -0.15) is 0 Å². The van der Waals surface area contributed by atoms with Crippen LogP contribution in [0.2, 0.25) is 0 Å². The Morgan fingerprint density at radius 1 is 0.941 bits per heavy atom. The zero-order valence-corrected chi connectivity index (χ0v) is 9.65. The third-order valence-corrected chi connectivity index (χ3v) is 3.12. The molecule has 0 spiro atoms. The van der Waals surface area contributed by atoms with E-state index in [1.54, 1.807) is 0 Å². The second-order valence-corrected chi connectivity index (χ2v) is 4.26. The summed E-state index contributed by atoms with van der Waals surface area (Å²) in [5.41, 5.74) is 4.10. The molecular weight excluding hydrogens is 210 g/mol. The van der Waals surface area contributed by atoms with Gasteiger partial charge in [-0.25, -0.2) is 0 Å². The van der Waals surface area contributed by atoms with Crippen molar-refractivity contribution in [1.29, 1.82) is 0 Å². The number of nitrogens with one attached hydrogen (secondary N) is 1. The van der Waals surface area contributed by atoms with Crippen molar-refractivity contribution in [3.63, 3.8) is 0 Å². The summed E-state index contributed by atoms with van der Waals surface area (Å²) in [6.45, 7) is 2.59. The first-order valence-electron chi connectivity index (χ1n) is 5.92. The van der Waals surface area contributed by atoms with Crippen LogP contribution in [0.1, 0.15) is 16.7 Å². The van der Waals surface area contributed by atoms with Crippen LogP contribution in [-0.2, 0) is 19.7 Å². The fourth-order valence-electron chi connectivity index (χ4n) is 2.22. The van der Waals surface area contributed by atoms with Crippen LogP contribution in [0.15, 0.2) is 48.5 Å². The molecule has 1 aliphatic heterocycles. The molecule has 0 aliphatic carbocycles. The van der Waals surface area contributed by atoms with Gasteiger partial charge in [0, 0.05) is 13.1 Å². The van der Waals surface area contributed by atoms with E-state index in [0.29, 0.717) is 6.61 Å². The molecule has 0 aromatic heterocycles. The molecule has 0 unspecified atom stereocenters. The molecule has 2 aromatic carbocycles. The summed E-state index contributed by atoms with van der Waals surface area (Å²) in [7, 11) is 0. The third-order valence-electron chi connectivity index (χ3n) is 3.12. The van der Waals surface area contributed by atoms with Gasteiger partial charge in [-0.3, -0.25) is 0 Å². The predicted molar refractivity (Wildman–Crippen MR) is 67.8 cm³/mol. The minimum atomic E-state index is 0.648. The van der Waals surface area contributed by atoms with Crippen LogP contribution in [0.3, 0.4) is 0 Å². The highest BCUT2D eigenvalue weighted by Crippen LogP contribution is 2.21. The summed E-state index contributed by atoms with van der Waals surface area (Å²) in [5.74, 6) is 0.927. The first-order valence-corrected chi connectivity index (χ1v) is 5.92. The Bertz CT molecular complexity index is 508. The normalized spacial score (nSPS) is 13.4. The first kappa shape index (κ1) is 10.4. The van der Waals surface area contributed by atoms with E-state index in [9.17, 15) is 0 Å². The molecule has 2 nitrogen and oxygen atoms in total. The van der Waals surface area contributed by atoms with E-state index in [-0.39, 0.29) is 0 Å². The molecule has 0 amide bonds. The zero-order valence-electron chi connectivity index (χ0n) is 9.65. The van der Waals surface area contributed by atoms with Crippen molar-refractivity contribution in [2.75, 3.05) is 0 Å². The lowest BCUT2D eigenvalue weighted by atomic mass is 10.0. The zero-order chi connectivity index (χ0) is 11.5. The molecule has 0 saturated carbocycles. The van der Waals surface area contributed by atoms with Gasteiger partial charge in [-0.1, -0.05) is 36.4 Å². The minimum absolute atomic E-state index is 0.648. The van der Waals surface area contributed by atoms with E-state index in [4.69, 9.17) is 4.74 Å². The van der Waals surface area contributed by atoms with Crippen molar-refractivity contribution in [3.05, 3.63) is 65.2 Å². The number of para-hydroxylation sites is 1. The Balaban J connectivity index is 1.76. The lowest BCUT2D eigenvalue weighted by Gasteiger charge is -2.09. The molecular formula is C15H15NO. The number of hydrogen-bond acceptors (Lipinski definition) is 2. The average molecular weight is 225 g/mol. The fourth-order valence-corrected chi connectivity index (χ4v) is 2.22. The van der Waals surface area contributed by atoms with Gasteiger partial charge >= 0.3 is 0 Å². The maximum absolute atomic E-state index is 5.79. The van der Waals surface area contributed by atoms with Crippen LogP contribution in [-0.4, -0.2) is 0 Å². The van der Waals surface area contributed by atoms with Crippen molar-refractivity contribution in [2.24, 2.45) is 0 Å². The number of hydrogen-bond donors (Lipinski definition) is 1. The SMILES string of the molecule is c1ccc(OCc2cccc3c2CNC3)cc1. The molecule has 1 N–H and O–H groups in total. The predicted octanol–water partition coefficient (Wildman–Crippen LogP) is 2.87. The summed E-state index contributed by atoms with van der Waals surface area (Å²) >= 11 is 0. The molecule has 1 aliphatic rings. The Morgan fingerprint density at radius 2 is 1.82 bits per heavy atom. The van der Waals surface area contributed by atoms with Crippen molar-refractivity contribution in [2.45, 2.75) is 19.7 Å². The largest absolute Gasteiger partial charge is 0.489 e. The van der Waals surface area contributed by atoms with Gasteiger partial charge in [0.05, 0.1) is 0 Å². The van der Waals surface area contributed by atoms with E-state index >= 15 is 0 Å². The number of benzene rings is 2. The third kappa shape index (κ3) is 2.17. The average Bonchev–Trinajstić information content (AvgIpc) is 2.86. The Morgan fingerprint density at radius 3 is 2.71 bits per heavy atom. The minimum Gasteiger partial charge on any atom is -0.489 e. The Kier molecular flexibility index (Phi) is 2.80. The van der Waals surface area contributed by atoms with Crippen LogP contribution < -0.4 is 10.1 Å². The molecule has 0 saturated heterocycles. The maximum atomic E-state index is 5.79. The molecule has 0 atom stereocenters. The summed E-state index contributed by atoms with van der Waals surface area (Å²) in [6.07, 6.45) is 0.